The number of carbonyl (C=O) groups is 1. The first-order valence-electron chi connectivity index (χ1n) is 10.1. The van der Waals surface area contributed by atoms with E-state index in [1.807, 2.05) is 60.7 Å². The standard InChI is InChI=1S/C25H22ClN3O3/c1-2-8-19-11-6-7-12-22(19)31-17-20-13-14-23(32-20)25(30)27-24-21(26)16-29(28-24)15-18-9-4-3-5-10-18/h2-7,9-14,16H,1,8,15,17H2,(H,27,28,30). The Morgan fingerprint density at radius 1 is 1.12 bits per heavy atom. The molecule has 162 valence electrons. The average molecular weight is 448 g/mol. The molecule has 0 saturated heterocycles. The van der Waals surface area contributed by atoms with Crippen LogP contribution in [0.3, 0.4) is 0 Å². The molecule has 0 radical (unpaired) electrons. The second kappa shape index (κ2) is 10.0. The van der Waals surface area contributed by atoms with Crippen molar-refractivity contribution in [3.05, 3.63) is 113 Å². The summed E-state index contributed by atoms with van der Waals surface area (Å²) in [5.41, 5.74) is 2.11. The summed E-state index contributed by atoms with van der Waals surface area (Å²) < 4.78 is 13.2. The SMILES string of the molecule is C=CCc1ccccc1OCc1ccc(C(=O)Nc2nn(Cc3ccccc3)cc2Cl)o1. The van der Waals surface area contributed by atoms with E-state index in [0.717, 1.165) is 16.9 Å². The summed E-state index contributed by atoms with van der Waals surface area (Å²) in [6.45, 7) is 4.52. The Hall–Kier alpha value is -3.77. The molecule has 1 amide bonds. The minimum absolute atomic E-state index is 0.150. The number of para-hydroxylation sites is 1. The van der Waals surface area contributed by atoms with Crippen molar-refractivity contribution in [2.75, 3.05) is 5.32 Å². The Morgan fingerprint density at radius 2 is 1.91 bits per heavy atom. The molecule has 0 fully saturated rings. The quantitative estimate of drug-likeness (QED) is 0.332. The molecule has 4 rings (SSSR count). The van der Waals surface area contributed by atoms with Gasteiger partial charge in [0, 0.05) is 6.20 Å². The molecule has 0 bridgehead atoms. The van der Waals surface area contributed by atoms with Crippen molar-refractivity contribution in [1.29, 1.82) is 0 Å². The van der Waals surface area contributed by atoms with Crippen molar-refractivity contribution < 1.29 is 13.9 Å². The zero-order valence-corrected chi connectivity index (χ0v) is 18.1. The Kier molecular flexibility index (Phi) is 6.72. The van der Waals surface area contributed by atoms with Crippen LogP contribution in [0.4, 0.5) is 5.82 Å². The van der Waals surface area contributed by atoms with Crippen LogP contribution >= 0.6 is 11.6 Å². The molecule has 0 aliphatic carbocycles. The Bertz CT molecular complexity index is 1210. The second-order valence-electron chi connectivity index (χ2n) is 7.12. The van der Waals surface area contributed by atoms with Gasteiger partial charge in [0.15, 0.2) is 11.6 Å². The summed E-state index contributed by atoms with van der Waals surface area (Å²) >= 11 is 6.25. The molecule has 6 nitrogen and oxygen atoms in total. The van der Waals surface area contributed by atoms with Gasteiger partial charge in [-0.2, -0.15) is 5.10 Å². The fourth-order valence-corrected chi connectivity index (χ4v) is 3.40. The fourth-order valence-electron chi connectivity index (χ4n) is 3.20. The summed E-state index contributed by atoms with van der Waals surface area (Å²) in [6.07, 6.45) is 4.20. The third-order valence-corrected chi connectivity index (χ3v) is 5.01. The Morgan fingerprint density at radius 3 is 2.72 bits per heavy atom. The maximum atomic E-state index is 12.6. The van der Waals surface area contributed by atoms with E-state index < -0.39 is 5.91 Å². The van der Waals surface area contributed by atoms with Gasteiger partial charge in [-0.1, -0.05) is 66.2 Å². The highest BCUT2D eigenvalue weighted by Crippen LogP contribution is 2.23. The normalized spacial score (nSPS) is 10.7. The monoisotopic (exact) mass is 447 g/mol. The average Bonchev–Trinajstić information content (AvgIpc) is 3.41. The summed E-state index contributed by atoms with van der Waals surface area (Å²) in [7, 11) is 0. The van der Waals surface area contributed by atoms with E-state index in [2.05, 4.69) is 17.0 Å². The molecule has 7 heteroatoms. The number of nitrogens with zero attached hydrogens (tertiary/aromatic N) is 2. The lowest BCUT2D eigenvalue weighted by molar-refractivity contribution is 0.0992. The maximum absolute atomic E-state index is 12.6. The van der Waals surface area contributed by atoms with E-state index in [-0.39, 0.29) is 18.2 Å². The van der Waals surface area contributed by atoms with Crippen molar-refractivity contribution in [3.63, 3.8) is 0 Å². The molecule has 0 saturated carbocycles. The Labute approximate surface area is 191 Å². The fraction of sp³-hybridized carbons (Fsp3) is 0.120. The molecule has 2 aromatic heterocycles. The van der Waals surface area contributed by atoms with Gasteiger partial charge in [0.2, 0.25) is 0 Å². The summed E-state index contributed by atoms with van der Waals surface area (Å²) in [5.74, 6) is 1.28. The van der Waals surface area contributed by atoms with Gasteiger partial charge in [0.25, 0.3) is 5.91 Å². The highest BCUT2D eigenvalue weighted by molar-refractivity contribution is 6.33. The van der Waals surface area contributed by atoms with E-state index in [0.29, 0.717) is 23.7 Å². The second-order valence-corrected chi connectivity index (χ2v) is 7.53. The number of hydrogen-bond acceptors (Lipinski definition) is 4. The van der Waals surface area contributed by atoms with Gasteiger partial charge in [-0.3, -0.25) is 9.48 Å². The predicted octanol–water partition coefficient (Wildman–Crippen LogP) is 5.74. The zero-order valence-electron chi connectivity index (χ0n) is 17.3. The van der Waals surface area contributed by atoms with Gasteiger partial charge in [0.1, 0.15) is 23.1 Å². The first-order valence-corrected chi connectivity index (χ1v) is 10.5. The molecule has 2 heterocycles. The molecule has 0 spiro atoms. The summed E-state index contributed by atoms with van der Waals surface area (Å²) in [6, 6.07) is 20.9. The lowest BCUT2D eigenvalue weighted by Gasteiger charge is -2.08. The number of benzene rings is 2. The van der Waals surface area contributed by atoms with Gasteiger partial charge in [-0.15, -0.1) is 6.58 Å². The molecule has 0 aliphatic heterocycles. The van der Waals surface area contributed by atoms with E-state index in [1.165, 1.54) is 0 Å². The minimum atomic E-state index is -0.435. The van der Waals surface area contributed by atoms with Crippen LogP contribution < -0.4 is 10.1 Å². The minimum Gasteiger partial charge on any atom is -0.485 e. The van der Waals surface area contributed by atoms with Crippen LogP contribution in [0.25, 0.3) is 0 Å². The topological polar surface area (TPSA) is 69.3 Å². The van der Waals surface area contributed by atoms with E-state index in [9.17, 15) is 4.79 Å². The van der Waals surface area contributed by atoms with Gasteiger partial charge >= 0.3 is 0 Å². The molecular formula is C25H22ClN3O3. The number of nitrogens with one attached hydrogen (secondary N) is 1. The number of furan rings is 1. The van der Waals surface area contributed by atoms with Gasteiger partial charge in [-0.25, -0.2) is 0 Å². The van der Waals surface area contributed by atoms with Crippen LogP contribution in [0.2, 0.25) is 5.02 Å². The number of aromatic nitrogens is 2. The van der Waals surface area contributed by atoms with Crippen LogP contribution in [-0.4, -0.2) is 15.7 Å². The van der Waals surface area contributed by atoms with Crippen LogP contribution in [0.1, 0.15) is 27.4 Å². The molecule has 0 unspecified atom stereocenters. The maximum Gasteiger partial charge on any atom is 0.292 e. The first-order chi connectivity index (χ1) is 15.6. The van der Waals surface area contributed by atoms with Gasteiger partial charge in [-0.05, 0) is 35.7 Å². The summed E-state index contributed by atoms with van der Waals surface area (Å²) in [5, 5.41) is 7.41. The zero-order chi connectivity index (χ0) is 22.3. The van der Waals surface area contributed by atoms with Crippen LogP contribution in [0.5, 0.6) is 5.75 Å². The van der Waals surface area contributed by atoms with E-state index in [1.54, 1.807) is 23.0 Å². The third kappa shape index (κ3) is 5.28. The van der Waals surface area contributed by atoms with Crippen molar-refractivity contribution in [1.82, 2.24) is 9.78 Å². The molecule has 4 aromatic rings. The molecule has 1 N–H and O–H groups in total. The number of ether oxygens (including phenoxy) is 1. The molecular weight excluding hydrogens is 426 g/mol. The Balaban J connectivity index is 1.37. The number of amides is 1. The molecule has 0 atom stereocenters. The molecule has 32 heavy (non-hydrogen) atoms. The smallest absolute Gasteiger partial charge is 0.292 e. The van der Waals surface area contributed by atoms with Crippen LogP contribution in [0.15, 0.2) is 90.0 Å². The number of rotatable bonds is 9. The van der Waals surface area contributed by atoms with Gasteiger partial charge < -0.3 is 14.5 Å². The first kappa shape index (κ1) is 21.5. The summed E-state index contributed by atoms with van der Waals surface area (Å²) in [4.78, 5) is 12.6. The number of carbonyl (C=O) groups excluding carboxylic acids is 1. The number of allylic oxidation sites excluding steroid dienone is 1. The number of hydrogen-bond donors (Lipinski definition) is 1. The number of halogens is 1. The van der Waals surface area contributed by atoms with Crippen LogP contribution in [-0.2, 0) is 19.6 Å². The van der Waals surface area contributed by atoms with Gasteiger partial charge in [0.05, 0.1) is 6.54 Å². The predicted molar refractivity (Wildman–Crippen MR) is 124 cm³/mol. The van der Waals surface area contributed by atoms with E-state index >= 15 is 0 Å². The highest BCUT2D eigenvalue weighted by Gasteiger charge is 2.16. The molecule has 0 aliphatic rings. The van der Waals surface area contributed by atoms with Crippen LogP contribution in [0, 0.1) is 0 Å². The van der Waals surface area contributed by atoms with Crippen molar-refractivity contribution in [3.8, 4) is 5.75 Å². The van der Waals surface area contributed by atoms with Crippen molar-refractivity contribution in [2.24, 2.45) is 0 Å². The lowest BCUT2D eigenvalue weighted by Crippen LogP contribution is -2.12. The van der Waals surface area contributed by atoms with Crippen molar-refractivity contribution >= 4 is 23.3 Å². The van der Waals surface area contributed by atoms with E-state index in [4.69, 9.17) is 20.8 Å². The highest BCUT2D eigenvalue weighted by atomic mass is 35.5. The third-order valence-electron chi connectivity index (χ3n) is 4.73. The lowest BCUT2D eigenvalue weighted by atomic mass is 10.1. The number of anilines is 1. The largest absolute Gasteiger partial charge is 0.485 e. The molecule has 2 aromatic carbocycles. The van der Waals surface area contributed by atoms with Crippen molar-refractivity contribution in [2.45, 2.75) is 19.6 Å².